The summed E-state index contributed by atoms with van der Waals surface area (Å²) < 4.78 is 0. The molecule has 0 saturated carbocycles. The van der Waals surface area contributed by atoms with E-state index in [0.29, 0.717) is 11.7 Å². The second-order valence-electron chi connectivity index (χ2n) is 4.80. The van der Waals surface area contributed by atoms with Crippen molar-refractivity contribution in [2.75, 3.05) is 13.1 Å². The van der Waals surface area contributed by atoms with Crippen molar-refractivity contribution in [2.24, 2.45) is 11.8 Å². The quantitative estimate of drug-likeness (QED) is 0.619. The molecule has 0 aliphatic rings. The summed E-state index contributed by atoms with van der Waals surface area (Å²) in [5, 5.41) is 3.24. The Labute approximate surface area is 101 Å². The molecule has 0 aromatic rings. The van der Waals surface area contributed by atoms with Crippen molar-refractivity contribution in [1.82, 2.24) is 5.32 Å². The monoisotopic (exact) mass is 227 g/mol. The molecule has 0 amide bonds. The first-order valence-electron chi connectivity index (χ1n) is 6.89. The number of ketones is 1. The number of hydrogen-bond acceptors (Lipinski definition) is 2. The number of Topliss-reactive ketones (excluding diaryl/α,β-unsaturated/α-hetero) is 1. The zero-order chi connectivity index (χ0) is 12.4. The van der Waals surface area contributed by atoms with Crippen LogP contribution in [-0.2, 0) is 4.79 Å². The molecule has 0 spiro atoms. The minimum absolute atomic E-state index is 0.177. The van der Waals surface area contributed by atoms with Gasteiger partial charge in [-0.3, -0.25) is 4.79 Å². The first kappa shape index (κ1) is 15.6. The summed E-state index contributed by atoms with van der Waals surface area (Å²) in [5.41, 5.74) is 0. The molecule has 0 saturated heterocycles. The van der Waals surface area contributed by atoms with Gasteiger partial charge in [-0.1, -0.05) is 53.4 Å². The summed E-state index contributed by atoms with van der Waals surface area (Å²) in [6.45, 7) is 10.3. The summed E-state index contributed by atoms with van der Waals surface area (Å²) >= 11 is 0. The van der Waals surface area contributed by atoms with Gasteiger partial charge in [-0.15, -0.1) is 0 Å². The number of nitrogens with one attached hydrogen (secondary N) is 1. The molecule has 0 aromatic heterocycles. The van der Waals surface area contributed by atoms with E-state index < -0.39 is 0 Å². The molecule has 0 aromatic carbocycles. The van der Waals surface area contributed by atoms with Crippen LogP contribution in [0.25, 0.3) is 0 Å². The number of carbonyl (C=O) groups is 1. The molecule has 0 bridgehead atoms. The molecule has 96 valence electrons. The van der Waals surface area contributed by atoms with Gasteiger partial charge in [-0.25, -0.2) is 0 Å². The molecule has 0 radical (unpaired) electrons. The Hall–Kier alpha value is -0.370. The number of unbranched alkanes of at least 4 members (excludes halogenated alkanes) is 1. The van der Waals surface area contributed by atoms with E-state index >= 15 is 0 Å². The van der Waals surface area contributed by atoms with Gasteiger partial charge in [0, 0.05) is 18.9 Å². The van der Waals surface area contributed by atoms with E-state index in [4.69, 9.17) is 0 Å². The lowest BCUT2D eigenvalue weighted by Crippen LogP contribution is -2.27. The van der Waals surface area contributed by atoms with E-state index in [9.17, 15) is 4.79 Å². The normalized spacial score (nSPS) is 14.8. The fourth-order valence-corrected chi connectivity index (χ4v) is 1.90. The molecule has 1 N–H and O–H groups in total. The highest BCUT2D eigenvalue weighted by atomic mass is 16.1. The number of carbonyl (C=O) groups excluding carboxylic acids is 1. The predicted molar refractivity (Wildman–Crippen MR) is 70.6 cm³/mol. The Morgan fingerprint density at radius 3 is 2.44 bits per heavy atom. The van der Waals surface area contributed by atoms with Gasteiger partial charge >= 0.3 is 0 Å². The molecule has 0 heterocycles. The lowest BCUT2D eigenvalue weighted by atomic mass is 9.90. The molecule has 2 heteroatoms. The summed E-state index contributed by atoms with van der Waals surface area (Å²) in [6, 6.07) is 0. The average Bonchev–Trinajstić information content (AvgIpc) is 2.30. The first-order chi connectivity index (χ1) is 7.65. The molecule has 0 rings (SSSR count). The lowest BCUT2D eigenvalue weighted by Gasteiger charge is -2.17. The highest BCUT2D eigenvalue weighted by Crippen LogP contribution is 2.18. The topological polar surface area (TPSA) is 29.1 Å². The highest BCUT2D eigenvalue weighted by Gasteiger charge is 2.16. The van der Waals surface area contributed by atoms with E-state index in [1.165, 1.54) is 19.3 Å². The van der Waals surface area contributed by atoms with E-state index in [0.717, 1.165) is 25.9 Å². The molecular formula is C14H29NO. The molecule has 2 unspecified atom stereocenters. The standard InChI is InChI=1S/C14H29NO/c1-5-8-9-13(6-2)10-14(16)12(4)11-15-7-3/h12-13,15H,5-11H2,1-4H3. The van der Waals surface area contributed by atoms with Crippen molar-refractivity contribution in [3.8, 4) is 0 Å². The molecule has 2 nitrogen and oxygen atoms in total. The first-order valence-corrected chi connectivity index (χ1v) is 6.89. The molecular weight excluding hydrogens is 198 g/mol. The van der Waals surface area contributed by atoms with Gasteiger partial charge in [0.1, 0.15) is 5.78 Å². The van der Waals surface area contributed by atoms with Crippen LogP contribution in [0.15, 0.2) is 0 Å². The van der Waals surface area contributed by atoms with E-state index in [-0.39, 0.29) is 5.92 Å². The fraction of sp³-hybridized carbons (Fsp3) is 0.929. The second-order valence-corrected chi connectivity index (χ2v) is 4.80. The smallest absolute Gasteiger partial charge is 0.137 e. The van der Waals surface area contributed by atoms with Gasteiger partial charge in [0.2, 0.25) is 0 Å². The second kappa shape index (κ2) is 9.83. The van der Waals surface area contributed by atoms with Crippen molar-refractivity contribution in [3.63, 3.8) is 0 Å². The Kier molecular flexibility index (Phi) is 9.60. The maximum Gasteiger partial charge on any atom is 0.137 e. The lowest BCUT2D eigenvalue weighted by molar-refractivity contribution is -0.123. The van der Waals surface area contributed by atoms with Crippen LogP contribution in [0.5, 0.6) is 0 Å². The van der Waals surface area contributed by atoms with Crippen LogP contribution in [-0.4, -0.2) is 18.9 Å². The van der Waals surface area contributed by atoms with Crippen molar-refractivity contribution >= 4 is 5.78 Å². The van der Waals surface area contributed by atoms with Gasteiger partial charge in [0.15, 0.2) is 0 Å². The summed E-state index contributed by atoms with van der Waals surface area (Å²) in [7, 11) is 0. The van der Waals surface area contributed by atoms with Crippen molar-refractivity contribution in [3.05, 3.63) is 0 Å². The Morgan fingerprint density at radius 1 is 1.25 bits per heavy atom. The average molecular weight is 227 g/mol. The minimum Gasteiger partial charge on any atom is -0.316 e. The van der Waals surface area contributed by atoms with Crippen molar-refractivity contribution in [1.29, 1.82) is 0 Å². The molecule has 0 fully saturated rings. The third-order valence-corrected chi connectivity index (χ3v) is 3.28. The minimum atomic E-state index is 0.177. The van der Waals surface area contributed by atoms with Gasteiger partial charge in [-0.2, -0.15) is 0 Å². The highest BCUT2D eigenvalue weighted by molar-refractivity contribution is 5.81. The predicted octanol–water partition coefficient (Wildman–Crippen LogP) is 3.41. The number of hydrogen-bond donors (Lipinski definition) is 1. The van der Waals surface area contributed by atoms with Crippen LogP contribution in [0.1, 0.15) is 59.8 Å². The maximum atomic E-state index is 11.9. The van der Waals surface area contributed by atoms with Crippen LogP contribution >= 0.6 is 0 Å². The summed E-state index contributed by atoms with van der Waals surface area (Å²) in [4.78, 5) is 11.9. The summed E-state index contributed by atoms with van der Waals surface area (Å²) in [6.07, 6.45) is 5.63. The molecule has 0 aliphatic heterocycles. The fourth-order valence-electron chi connectivity index (χ4n) is 1.90. The largest absolute Gasteiger partial charge is 0.316 e. The van der Waals surface area contributed by atoms with E-state index in [1.807, 2.05) is 6.92 Å². The Bertz CT molecular complexity index is 180. The zero-order valence-corrected chi connectivity index (χ0v) is 11.5. The van der Waals surface area contributed by atoms with E-state index in [1.54, 1.807) is 0 Å². The van der Waals surface area contributed by atoms with Crippen LogP contribution in [0.3, 0.4) is 0 Å². The maximum absolute atomic E-state index is 11.9. The van der Waals surface area contributed by atoms with Crippen molar-refractivity contribution < 1.29 is 4.79 Å². The van der Waals surface area contributed by atoms with Gasteiger partial charge in [0.05, 0.1) is 0 Å². The van der Waals surface area contributed by atoms with Crippen LogP contribution < -0.4 is 5.32 Å². The summed E-state index contributed by atoms with van der Waals surface area (Å²) in [5.74, 6) is 1.22. The Balaban J connectivity index is 3.88. The van der Waals surface area contributed by atoms with Gasteiger partial charge in [0.25, 0.3) is 0 Å². The Morgan fingerprint density at radius 2 is 1.94 bits per heavy atom. The van der Waals surface area contributed by atoms with Crippen LogP contribution in [0.2, 0.25) is 0 Å². The van der Waals surface area contributed by atoms with Crippen LogP contribution in [0, 0.1) is 11.8 Å². The van der Waals surface area contributed by atoms with Crippen molar-refractivity contribution in [2.45, 2.75) is 59.8 Å². The molecule has 16 heavy (non-hydrogen) atoms. The zero-order valence-electron chi connectivity index (χ0n) is 11.5. The van der Waals surface area contributed by atoms with Gasteiger partial charge < -0.3 is 5.32 Å². The van der Waals surface area contributed by atoms with Gasteiger partial charge in [-0.05, 0) is 12.5 Å². The van der Waals surface area contributed by atoms with Crippen LogP contribution in [0.4, 0.5) is 0 Å². The SMILES string of the molecule is CCCCC(CC)CC(=O)C(C)CNCC. The van der Waals surface area contributed by atoms with E-state index in [2.05, 4.69) is 26.1 Å². The molecule has 0 aliphatic carbocycles. The third-order valence-electron chi connectivity index (χ3n) is 3.28. The molecule has 2 atom stereocenters. The number of rotatable bonds is 10. The third kappa shape index (κ3) is 7.00.